The van der Waals surface area contributed by atoms with Gasteiger partial charge < -0.3 is 10.3 Å². The SMILES string of the molecule is Cc1nn(-c2ccccc2)c2[nH]cc(C(=O)Nc3ccc(C(F)(F)F)cc3)c(=O)c12. The fourth-order valence-corrected chi connectivity index (χ4v) is 3.14. The van der Waals surface area contributed by atoms with E-state index in [2.05, 4.69) is 15.4 Å². The molecule has 0 atom stereocenters. The average molecular weight is 412 g/mol. The number of fused-ring (bicyclic) bond motifs is 1. The molecule has 0 fully saturated rings. The summed E-state index contributed by atoms with van der Waals surface area (Å²) >= 11 is 0. The number of aryl methyl sites for hydroxylation is 1. The number of halogens is 3. The molecule has 0 saturated heterocycles. The van der Waals surface area contributed by atoms with E-state index in [0.29, 0.717) is 11.3 Å². The van der Waals surface area contributed by atoms with Gasteiger partial charge >= 0.3 is 6.18 Å². The molecule has 2 N–H and O–H groups in total. The molecule has 0 radical (unpaired) electrons. The summed E-state index contributed by atoms with van der Waals surface area (Å²) in [5, 5.41) is 7.09. The van der Waals surface area contributed by atoms with Crippen LogP contribution in [0.2, 0.25) is 0 Å². The molecule has 4 aromatic rings. The van der Waals surface area contributed by atoms with Gasteiger partial charge in [-0.2, -0.15) is 18.3 Å². The number of nitrogens with one attached hydrogen (secondary N) is 2. The van der Waals surface area contributed by atoms with Crippen molar-refractivity contribution in [2.24, 2.45) is 0 Å². The zero-order valence-electron chi connectivity index (χ0n) is 15.6. The molecule has 0 aliphatic heterocycles. The Kier molecular flexibility index (Phi) is 4.65. The predicted molar refractivity (Wildman–Crippen MR) is 106 cm³/mol. The van der Waals surface area contributed by atoms with Gasteiger partial charge in [-0.1, -0.05) is 18.2 Å². The minimum atomic E-state index is -4.47. The summed E-state index contributed by atoms with van der Waals surface area (Å²) in [6, 6.07) is 13.2. The number of H-pyrrole nitrogens is 1. The number of alkyl halides is 3. The quantitative estimate of drug-likeness (QED) is 0.527. The van der Waals surface area contributed by atoms with Crippen LogP contribution in [0, 0.1) is 6.92 Å². The van der Waals surface area contributed by atoms with E-state index in [-0.39, 0.29) is 16.6 Å². The lowest BCUT2D eigenvalue weighted by atomic mass is 10.1. The van der Waals surface area contributed by atoms with Crippen molar-refractivity contribution in [1.82, 2.24) is 14.8 Å². The second-order valence-electron chi connectivity index (χ2n) is 6.62. The molecule has 6 nitrogen and oxygen atoms in total. The minimum absolute atomic E-state index is 0.143. The molecule has 2 aromatic heterocycles. The molecule has 0 spiro atoms. The van der Waals surface area contributed by atoms with Gasteiger partial charge in [0.05, 0.1) is 22.3 Å². The molecule has 9 heteroatoms. The predicted octanol–water partition coefficient (Wildman–Crippen LogP) is 4.29. The van der Waals surface area contributed by atoms with E-state index in [1.54, 1.807) is 11.6 Å². The van der Waals surface area contributed by atoms with Gasteiger partial charge in [0, 0.05) is 11.9 Å². The van der Waals surface area contributed by atoms with E-state index in [1.165, 1.54) is 6.20 Å². The van der Waals surface area contributed by atoms with Crippen molar-refractivity contribution in [2.45, 2.75) is 13.1 Å². The smallest absolute Gasteiger partial charge is 0.345 e. The molecule has 0 bridgehead atoms. The number of carbonyl (C=O) groups excluding carboxylic acids is 1. The van der Waals surface area contributed by atoms with Gasteiger partial charge in [0.15, 0.2) is 0 Å². The first-order chi connectivity index (χ1) is 14.3. The third-order valence-electron chi connectivity index (χ3n) is 4.60. The molecule has 0 saturated carbocycles. The zero-order chi connectivity index (χ0) is 21.5. The van der Waals surface area contributed by atoms with E-state index in [4.69, 9.17) is 0 Å². The summed E-state index contributed by atoms with van der Waals surface area (Å²) in [5.41, 5.74) is 0.251. The number of para-hydroxylation sites is 1. The topological polar surface area (TPSA) is 79.8 Å². The molecule has 30 heavy (non-hydrogen) atoms. The lowest BCUT2D eigenvalue weighted by Crippen LogP contribution is -2.22. The number of rotatable bonds is 3. The maximum absolute atomic E-state index is 12.9. The molecule has 0 aliphatic carbocycles. The van der Waals surface area contributed by atoms with Crippen molar-refractivity contribution >= 4 is 22.6 Å². The molecule has 2 aromatic carbocycles. The van der Waals surface area contributed by atoms with Crippen molar-refractivity contribution in [1.29, 1.82) is 0 Å². The Balaban J connectivity index is 1.68. The normalized spacial score (nSPS) is 11.6. The van der Waals surface area contributed by atoms with Gasteiger partial charge in [-0.05, 0) is 43.3 Å². The second kappa shape index (κ2) is 7.18. The lowest BCUT2D eigenvalue weighted by Gasteiger charge is -2.09. The summed E-state index contributed by atoms with van der Waals surface area (Å²) < 4.78 is 39.6. The van der Waals surface area contributed by atoms with E-state index < -0.39 is 23.1 Å². The van der Waals surface area contributed by atoms with Crippen LogP contribution in [0.15, 0.2) is 65.6 Å². The lowest BCUT2D eigenvalue weighted by molar-refractivity contribution is -0.137. The molecule has 2 heterocycles. The Labute approximate surface area is 168 Å². The first-order valence-electron chi connectivity index (χ1n) is 8.91. The number of benzene rings is 2. The molecule has 0 aliphatic rings. The fourth-order valence-electron chi connectivity index (χ4n) is 3.14. The number of anilines is 1. The molecular formula is C21H15F3N4O2. The van der Waals surface area contributed by atoms with Gasteiger partial charge in [-0.25, -0.2) is 4.68 Å². The van der Waals surface area contributed by atoms with E-state index in [9.17, 15) is 22.8 Å². The van der Waals surface area contributed by atoms with Crippen molar-refractivity contribution in [3.05, 3.63) is 87.8 Å². The van der Waals surface area contributed by atoms with Crippen LogP contribution in [0.3, 0.4) is 0 Å². The van der Waals surface area contributed by atoms with E-state index in [0.717, 1.165) is 30.0 Å². The highest BCUT2D eigenvalue weighted by molar-refractivity contribution is 6.05. The summed E-state index contributed by atoms with van der Waals surface area (Å²) in [6.45, 7) is 1.66. The van der Waals surface area contributed by atoms with Crippen LogP contribution in [0.4, 0.5) is 18.9 Å². The Hall–Kier alpha value is -3.88. The van der Waals surface area contributed by atoms with E-state index in [1.807, 2.05) is 30.3 Å². The van der Waals surface area contributed by atoms with Crippen molar-refractivity contribution in [3.8, 4) is 5.69 Å². The van der Waals surface area contributed by atoms with Gasteiger partial charge in [-0.3, -0.25) is 9.59 Å². The average Bonchev–Trinajstić information content (AvgIpc) is 3.06. The second-order valence-corrected chi connectivity index (χ2v) is 6.62. The standard InChI is InChI=1S/C21H15F3N4O2/c1-12-17-18(29)16(11-25-19(17)28(27-12)15-5-3-2-4-6-15)20(30)26-14-9-7-13(8-10-14)21(22,23)24/h2-11H,1H3,(H,25,29)(H,26,30). The number of hydrogen-bond donors (Lipinski definition) is 2. The van der Waals surface area contributed by atoms with Crippen LogP contribution in [-0.2, 0) is 6.18 Å². The largest absolute Gasteiger partial charge is 0.416 e. The summed E-state index contributed by atoms with van der Waals surface area (Å²) in [6.07, 6.45) is -3.20. The molecule has 4 rings (SSSR count). The summed E-state index contributed by atoms with van der Waals surface area (Å²) in [7, 11) is 0. The van der Waals surface area contributed by atoms with Crippen molar-refractivity contribution in [2.75, 3.05) is 5.32 Å². The first kappa shape index (κ1) is 19.4. The van der Waals surface area contributed by atoms with Crippen LogP contribution >= 0.6 is 0 Å². The minimum Gasteiger partial charge on any atom is -0.345 e. The Morgan fingerprint density at radius 3 is 2.37 bits per heavy atom. The number of aromatic nitrogens is 3. The fraction of sp³-hybridized carbons (Fsp3) is 0.0952. The number of hydrogen-bond acceptors (Lipinski definition) is 3. The van der Waals surface area contributed by atoms with Crippen LogP contribution in [-0.4, -0.2) is 20.7 Å². The van der Waals surface area contributed by atoms with Crippen LogP contribution in [0.25, 0.3) is 16.7 Å². The number of pyridine rings is 1. The maximum Gasteiger partial charge on any atom is 0.416 e. The van der Waals surface area contributed by atoms with Crippen LogP contribution < -0.4 is 10.7 Å². The summed E-state index contributed by atoms with van der Waals surface area (Å²) in [4.78, 5) is 28.4. The van der Waals surface area contributed by atoms with E-state index >= 15 is 0 Å². The van der Waals surface area contributed by atoms with Crippen LogP contribution in [0.5, 0.6) is 0 Å². The monoisotopic (exact) mass is 412 g/mol. The number of nitrogens with zero attached hydrogens (tertiary/aromatic N) is 2. The highest BCUT2D eigenvalue weighted by Crippen LogP contribution is 2.29. The number of amides is 1. The van der Waals surface area contributed by atoms with Crippen molar-refractivity contribution in [3.63, 3.8) is 0 Å². The third kappa shape index (κ3) is 3.45. The summed E-state index contributed by atoms with van der Waals surface area (Å²) in [5.74, 6) is -0.732. The maximum atomic E-state index is 12.9. The Bertz CT molecular complexity index is 1290. The molecule has 0 unspecified atom stereocenters. The highest BCUT2D eigenvalue weighted by Gasteiger charge is 2.30. The number of carbonyl (C=O) groups is 1. The van der Waals surface area contributed by atoms with Gasteiger partial charge in [0.1, 0.15) is 11.2 Å². The Morgan fingerprint density at radius 2 is 1.73 bits per heavy atom. The van der Waals surface area contributed by atoms with Gasteiger partial charge in [0.2, 0.25) is 5.43 Å². The highest BCUT2D eigenvalue weighted by atomic mass is 19.4. The van der Waals surface area contributed by atoms with Gasteiger partial charge in [-0.15, -0.1) is 0 Å². The molecular weight excluding hydrogens is 397 g/mol. The van der Waals surface area contributed by atoms with Crippen molar-refractivity contribution < 1.29 is 18.0 Å². The number of aromatic amines is 1. The van der Waals surface area contributed by atoms with Gasteiger partial charge in [0.25, 0.3) is 5.91 Å². The molecule has 1 amide bonds. The first-order valence-corrected chi connectivity index (χ1v) is 8.91. The van der Waals surface area contributed by atoms with Crippen LogP contribution in [0.1, 0.15) is 21.6 Å². The third-order valence-corrected chi connectivity index (χ3v) is 4.60. The Morgan fingerprint density at radius 1 is 1.07 bits per heavy atom. The zero-order valence-corrected chi connectivity index (χ0v) is 15.6. The molecule has 152 valence electrons.